The third-order valence-electron chi connectivity index (χ3n) is 4.40. The van der Waals surface area contributed by atoms with Crippen LogP contribution < -0.4 is 10.6 Å². The molecule has 0 amide bonds. The van der Waals surface area contributed by atoms with Crippen LogP contribution in [0.15, 0.2) is 34.2 Å². The Labute approximate surface area is 145 Å². The highest BCUT2D eigenvalue weighted by atomic mass is 32.2. The maximum absolute atomic E-state index is 12.4. The summed E-state index contributed by atoms with van der Waals surface area (Å²) in [6, 6.07) is 7.66. The van der Waals surface area contributed by atoms with E-state index >= 15 is 0 Å². The van der Waals surface area contributed by atoms with Crippen molar-refractivity contribution in [3.8, 4) is 0 Å². The molecule has 2 atom stereocenters. The number of sulfone groups is 1. The Morgan fingerprint density at radius 1 is 1.25 bits per heavy atom. The molecule has 1 aromatic rings. The lowest BCUT2D eigenvalue weighted by Crippen LogP contribution is -2.41. The molecule has 0 aromatic heterocycles. The standard InChI is InChI=1S/C18H29N3O2S/c1-13-12-16(13)21-17(19-5)20-10-11-24(22,23)15-8-6-14(7-9-15)18(2,3)4/h6-9,13,16H,10-12H2,1-5H3,(H2,19,20,21). The molecule has 24 heavy (non-hydrogen) atoms. The maximum Gasteiger partial charge on any atom is 0.191 e. The Hall–Kier alpha value is -1.56. The molecule has 0 bridgehead atoms. The number of rotatable bonds is 5. The van der Waals surface area contributed by atoms with Gasteiger partial charge in [-0.3, -0.25) is 4.99 Å². The summed E-state index contributed by atoms with van der Waals surface area (Å²) in [5.74, 6) is 1.37. The second-order valence-corrected chi connectivity index (χ2v) is 9.67. The maximum atomic E-state index is 12.4. The molecule has 1 aromatic carbocycles. The van der Waals surface area contributed by atoms with Crippen LogP contribution >= 0.6 is 0 Å². The summed E-state index contributed by atoms with van der Waals surface area (Å²) in [5, 5.41) is 6.37. The lowest BCUT2D eigenvalue weighted by atomic mass is 9.87. The van der Waals surface area contributed by atoms with Gasteiger partial charge in [0.1, 0.15) is 0 Å². The Balaban J connectivity index is 1.91. The van der Waals surface area contributed by atoms with Crippen LogP contribution in [-0.4, -0.2) is 39.8 Å². The molecule has 0 spiro atoms. The quantitative estimate of drug-likeness (QED) is 0.631. The number of guanidine groups is 1. The summed E-state index contributed by atoms with van der Waals surface area (Å²) < 4.78 is 24.9. The van der Waals surface area contributed by atoms with E-state index in [4.69, 9.17) is 0 Å². The molecular formula is C18H29N3O2S. The van der Waals surface area contributed by atoms with Crippen molar-refractivity contribution in [2.45, 2.75) is 50.5 Å². The molecule has 0 aliphatic heterocycles. The van der Waals surface area contributed by atoms with Crippen molar-refractivity contribution in [3.63, 3.8) is 0 Å². The summed E-state index contributed by atoms with van der Waals surface area (Å²) in [6.07, 6.45) is 1.14. The van der Waals surface area contributed by atoms with E-state index in [-0.39, 0.29) is 11.2 Å². The van der Waals surface area contributed by atoms with Gasteiger partial charge in [-0.1, -0.05) is 39.8 Å². The van der Waals surface area contributed by atoms with Crippen molar-refractivity contribution in [1.29, 1.82) is 0 Å². The van der Waals surface area contributed by atoms with Crippen LogP contribution in [0.5, 0.6) is 0 Å². The van der Waals surface area contributed by atoms with Gasteiger partial charge in [0.25, 0.3) is 0 Å². The lowest BCUT2D eigenvalue weighted by Gasteiger charge is -2.19. The van der Waals surface area contributed by atoms with Crippen molar-refractivity contribution in [2.75, 3.05) is 19.3 Å². The first-order chi connectivity index (χ1) is 11.1. The van der Waals surface area contributed by atoms with Crippen LogP contribution in [-0.2, 0) is 15.3 Å². The van der Waals surface area contributed by atoms with Gasteiger partial charge in [0.15, 0.2) is 15.8 Å². The molecule has 2 N–H and O–H groups in total. The van der Waals surface area contributed by atoms with Crippen LogP contribution in [0.2, 0.25) is 0 Å². The number of nitrogens with zero attached hydrogens (tertiary/aromatic N) is 1. The monoisotopic (exact) mass is 351 g/mol. The van der Waals surface area contributed by atoms with Gasteiger partial charge in [-0.25, -0.2) is 8.42 Å². The molecule has 1 saturated carbocycles. The van der Waals surface area contributed by atoms with Gasteiger partial charge in [-0.15, -0.1) is 0 Å². The molecule has 1 fully saturated rings. The van der Waals surface area contributed by atoms with Crippen LogP contribution in [0, 0.1) is 5.92 Å². The van der Waals surface area contributed by atoms with Gasteiger partial charge in [-0.2, -0.15) is 0 Å². The molecule has 2 unspecified atom stereocenters. The third-order valence-corrected chi connectivity index (χ3v) is 6.13. The predicted octanol–water partition coefficient (Wildman–Crippen LogP) is 2.33. The van der Waals surface area contributed by atoms with E-state index < -0.39 is 9.84 Å². The van der Waals surface area contributed by atoms with Crippen LogP contribution in [0.25, 0.3) is 0 Å². The zero-order chi connectivity index (χ0) is 18.0. The molecular weight excluding hydrogens is 322 g/mol. The first-order valence-electron chi connectivity index (χ1n) is 8.44. The van der Waals surface area contributed by atoms with Gasteiger partial charge in [-0.05, 0) is 35.4 Å². The highest BCUT2D eigenvalue weighted by Gasteiger charge is 2.33. The van der Waals surface area contributed by atoms with Gasteiger partial charge < -0.3 is 10.6 Å². The van der Waals surface area contributed by atoms with E-state index in [2.05, 4.69) is 43.3 Å². The minimum Gasteiger partial charge on any atom is -0.355 e. The number of nitrogens with one attached hydrogen (secondary N) is 2. The van der Waals surface area contributed by atoms with E-state index in [0.29, 0.717) is 29.4 Å². The van der Waals surface area contributed by atoms with E-state index in [0.717, 1.165) is 12.0 Å². The van der Waals surface area contributed by atoms with Crippen LogP contribution in [0.4, 0.5) is 0 Å². The number of hydrogen-bond donors (Lipinski definition) is 2. The second-order valence-electron chi connectivity index (χ2n) is 7.56. The Morgan fingerprint density at radius 3 is 2.29 bits per heavy atom. The highest BCUT2D eigenvalue weighted by Crippen LogP contribution is 2.28. The van der Waals surface area contributed by atoms with Gasteiger partial charge in [0, 0.05) is 19.6 Å². The number of hydrogen-bond acceptors (Lipinski definition) is 3. The number of aliphatic imine (C=N–C) groups is 1. The summed E-state index contributed by atoms with van der Waals surface area (Å²) in [4.78, 5) is 4.50. The number of benzene rings is 1. The van der Waals surface area contributed by atoms with Crippen LogP contribution in [0.3, 0.4) is 0 Å². The molecule has 1 aliphatic carbocycles. The van der Waals surface area contributed by atoms with Crippen molar-refractivity contribution >= 4 is 15.8 Å². The Bertz CT molecular complexity index is 688. The van der Waals surface area contributed by atoms with Crippen molar-refractivity contribution in [2.24, 2.45) is 10.9 Å². The summed E-state index contributed by atoms with van der Waals surface area (Å²) in [5.41, 5.74) is 1.14. The van der Waals surface area contributed by atoms with Crippen molar-refractivity contribution in [3.05, 3.63) is 29.8 Å². The zero-order valence-corrected chi connectivity index (χ0v) is 16.1. The summed E-state index contributed by atoms with van der Waals surface area (Å²) in [6.45, 7) is 8.85. The van der Waals surface area contributed by atoms with Crippen molar-refractivity contribution in [1.82, 2.24) is 10.6 Å². The molecule has 5 nitrogen and oxygen atoms in total. The summed E-state index contributed by atoms with van der Waals surface area (Å²) in [7, 11) is -1.60. The average molecular weight is 352 g/mol. The van der Waals surface area contributed by atoms with Crippen molar-refractivity contribution < 1.29 is 8.42 Å². The average Bonchev–Trinajstić information content (AvgIpc) is 3.20. The molecule has 0 saturated heterocycles. The second kappa shape index (κ2) is 7.13. The largest absolute Gasteiger partial charge is 0.355 e. The molecule has 2 rings (SSSR count). The van der Waals surface area contributed by atoms with Gasteiger partial charge in [0.2, 0.25) is 0 Å². The van der Waals surface area contributed by atoms with Gasteiger partial charge in [0.05, 0.1) is 10.6 Å². The minimum absolute atomic E-state index is 0.0158. The minimum atomic E-state index is -3.30. The third kappa shape index (κ3) is 4.97. The Morgan fingerprint density at radius 2 is 1.83 bits per heavy atom. The fraction of sp³-hybridized carbons (Fsp3) is 0.611. The topological polar surface area (TPSA) is 70.6 Å². The Kier molecular flexibility index (Phi) is 5.58. The van der Waals surface area contributed by atoms with E-state index in [1.807, 2.05) is 12.1 Å². The normalized spacial score (nSPS) is 21.5. The molecule has 134 valence electrons. The summed E-state index contributed by atoms with van der Waals surface area (Å²) >= 11 is 0. The predicted molar refractivity (Wildman–Crippen MR) is 99.3 cm³/mol. The fourth-order valence-electron chi connectivity index (χ4n) is 2.48. The first-order valence-corrected chi connectivity index (χ1v) is 10.1. The molecule has 0 radical (unpaired) electrons. The lowest BCUT2D eigenvalue weighted by molar-refractivity contribution is 0.586. The van der Waals surface area contributed by atoms with Gasteiger partial charge >= 0.3 is 0 Å². The smallest absolute Gasteiger partial charge is 0.191 e. The van der Waals surface area contributed by atoms with E-state index in [1.165, 1.54) is 0 Å². The molecule has 6 heteroatoms. The fourth-order valence-corrected chi connectivity index (χ4v) is 3.63. The SMILES string of the molecule is CN=C(NCCS(=O)(=O)c1ccc(C(C)(C)C)cc1)NC1CC1C. The highest BCUT2D eigenvalue weighted by molar-refractivity contribution is 7.91. The van der Waals surface area contributed by atoms with Crippen LogP contribution in [0.1, 0.15) is 39.7 Å². The first kappa shape index (κ1) is 18.8. The zero-order valence-electron chi connectivity index (χ0n) is 15.3. The molecule has 0 heterocycles. The molecule has 1 aliphatic rings. The van der Waals surface area contributed by atoms with E-state index in [1.54, 1.807) is 19.2 Å². The van der Waals surface area contributed by atoms with E-state index in [9.17, 15) is 8.42 Å².